The van der Waals surface area contributed by atoms with Crippen molar-refractivity contribution in [2.75, 3.05) is 38.3 Å². The molecule has 0 aliphatic rings. The van der Waals surface area contributed by atoms with Gasteiger partial charge in [0.1, 0.15) is 0 Å². The third-order valence-electron chi connectivity index (χ3n) is 2.74. The minimum Gasteiger partial charge on any atom is -0.855 e. The van der Waals surface area contributed by atoms with Gasteiger partial charge in [-0.05, 0) is 0 Å². The van der Waals surface area contributed by atoms with E-state index in [0.717, 1.165) is 12.5 Å². The van der Waals surface area contributed by atoms with Gasteiger partial charge in [-0.2, -0.15) is 0 Å². The van der Waals surface area contributed by atoms with Gasteiger partial charge in [-0.1, -0.05) is 13.8 Å². The second kappa shape index (κ2) is 22.2. The zero-order chi connectivity index (χ0) is 17.8. The van der Waals surface area contributed by atoms with Gasteiger partial charge in [-0.3, -0.25) is 0 Å². The predicted molar refractivity (Wildman–Crippen MR) is 103 cm³/mol. The number of thioether (sulfide) groups is 1. The Balaban J connectivity index is 0. The van der Waals surface area contributed by atoms with Crippen molar-refractivity contribution in [1.29, 1.82) is 0 Å². The fraction of sp³-hybridized carbons (Fsp3) is 0.667. The van der Waals surface area contributed by atoms with Crippen LogP contribution < -0.4 is 15.5 Å². The molecule has 1 atom stereocenters. The van der Waals surface area contributed by atoms with E-state index in [1.165, 1.54) is 25.9 Å². The van der Waals surface area contributed by atoms with Gasteiger partial charge >= 0.3 is 121 Å². The summed E-state index contributed by atoms with van der Waals surface area (Å²) in [4.78, 5) is 0. The average molecular weight is 446 g/mol. The van der Waals surface area contributed by atoms with Gasteiger partial charge < -0.3 is 10.2 Å². The van der Waals surface area contributed by atoms with Crippen LogP contribution in [0.1, 0.15) is 32.3 Å². The van der Waals surface area contributed by atoms with E-state index < -0.39 is 0 Å². The van der Waals surface area contributed by atoms with E-state index in [4.69, 9.17) is 10.2 Å². The molecule has 5 heteroatoms. The molecule has 1 N–H and O–H groups in total. The van der Waals surface area contributed by atoms with Crippen molar-refractivity contribution in [3.63, 3.8) is 0 Å². The largest absolute Gasteiger partial charge is 0.855 e. The van der Waals surface area contributed by atoms with E-state index in [9.17, 15) is 0 Å². The summed E-state index contributed by atoms with van der Waals surface area (Å²) >= 11 is 1.94. The Labute approximate surface area is 157 Å². The molecule has 0 aliphatic heterocycles. The van der Waals surface area contributed by atoms with Crippen molar-refractivity contribution in [2.24, 2.45) is 0 Å². The van der Waals surface area contributed by atoms with Crippen LogP contribution in [0.5, 0.6) is 0 Å². The smallest absolute Gasteiger partial charge is 0.0809 e. The van der Waals surface area contributed by atoms with Crippen molar-refractivity contribution in [3.8, 4) is 0 Å². The van der Waals surface area contributed by atoms with Gasteiger partial charge in [0.2, 0.25) is 0 Å². The zero-order valence-corrected chi connectivity index (χ0v) is 18.8. The van der Waals surface area contributed by atoms with Crippen molar-refractivity contribution >= 4 is 32.9 Å². The van der Waals surface area contributed by atoms with Gasteiger partial charge in [-0.15, -0.1) is 13.2 Å². The maximum absolute atomic E-state index is 8.93. The molecule has 0 aromatic heterocycles. The first-order valence-electron chi connectivity index (χ1n) is 8.35. The molecular formula is C18H33NO2SSn. The summed E-state index contributed by atoms with van der Waals surface area (Å²) in [5, 5.41) is 21.2. The van der Waals surface area contributed by atoms with Gasteiger partial charge in [0.15, 0.2) is 0 Å². The molecule has 0 heterocycles. The van der Waals surface area contributed by atoms with E-state index in [-0.39, 0.29) is 34.4 Å². The molecule has 0 amide bonds. The molecular weight excluding hydrogens is 413 g/mol. The van der Waals surface area contributed by atoms with Gasteiger partial charge in [0, 0.05) is 0 Å². The van der Waals surface area contributed by atoms with Crippen LogP contribution in [0.4, 0.5) is 0 Å². The minimum atomic E-state index is -0.155. The monoisotopic (exact) mass is 447 g/mol. The topological polar surface area (TPSA) is 58.1 Å². The van der Waals surface area contributed by atoms with Crippen molar-refractivity contribution in [2.45, 2.75) is 35.6 Å². The van der Waals surface area contributed by atoms with E-state index in [0.29, 0.717) is 0 Å². The molecule has 0 saturated heterocycles. The maximum Gasteiger partial charge on any atom is -0.0809 e. The van der Waals surface area contributed by atoms with Crippen LogP contribution in [-0.2, 0) is 0 Å². The summed E-state index contributed by atoms with van der Waals surface area (Å²) in [5.74, 6) is 3.42. The Kier molecular flexibility index (Phi) is 24.7. The number of hydrogen-bond donors (Lipinski definition) is 1. The van der Waals surface area contributed by atoms with Gasteiger partial charge in [-0.25, -0.2) is 0 Å². The Morgan fingerprint density at radius 3 is 2.13 bits per heavy atom. The Bertz CT molecular complexity index is 313. The van der Waals surface area contributed by atoms with Crippen LogP contribution in [0.15, 0.2) is 30.3 Å². The molecule has 0 aliphatic carbocycles. The molecule has 0 radical (unpaired) electrons. The average Bonchev–Trinajstić information content (AvgIpc) is 2.56. The van der Waals surface area contributed by atoms with Gasteiger partial charge in [0.05, 0.1) is 0 Å². The normalized spacial score (nSPS) is 10.5. The summed E-state index contributed by atoms with van der Waals surface area (Å²) in [6.45, 7) is 6.52. The van der Waals surface area contributed by atoms with Crippen LogP contribution in [0.25, 0.3) is 0 Å². The molecule has 1 unspecified atom stereocenters. The van der Waals surface area contributed by atoms with Crippen LogP contribution in [-0.4, -0.2) is 59.5 Å². The molecule has 132 valence electrons. The fourth-order valence-corrected chi connectivity index (χ4v) is 7.56. The first-order chi connectivity index (χ1) is 11.2. The molecule has 23 heavy (non-hydrogen) atoms. The fourth-order valence-electron chi connectivity index (χ4n) is 1.84. The zero-order valence-electron chi connectivity index (χ0n) is 15.1. The first kappa shape index (κ1) is 25.5. The number of nitrogens with one attached hydrogen (secondary N) is 1. The van der Waals surface area contributed by atoms with Gasteiger partial charge in [0.25, 0.3) is 0 Å². The van der Waals surface area contributed by atoms with E-state index in [1.807, 2.05) is 0 Å². The van der Waals surface area contributed by atoms with Crippen LogP contribution in [0.2, 0.25) is 8.87 Å². The summed E-state index contributed by atoms with van der Waals surface area (Å²) in [5.41, 5.74) is 1.52. The van der Waals surface area contributed by atoms with E-state index in [1.54, 1.807) is 13.8 Å². The molecule has 3 nitrogen and oxygen atoms in total. The van der Waals surface area contributed by atoms with Crippen molar-refractivity contribution in [1.82, 2.24) is 5.32 Å². The summed E-state index contributed by atoms with van der Waals surface area (Å²) in [7, 11) is 2.06. The minimum absolute atomic E-state index is 0. The molecule has 0 fully saturated rings. The maximum atomic E-state index is 8.93. The quantitative estimate of drug-likeness (QED) is 0.466. The van der Waals surface area contributed by atoms with E-state index >= 15 is 0 Å². The Morgan fingerprint density at radius 1 is 1.09 bits per heavy atom. The molecule has 1 rings (SSSR count). The van der Waals surface area contributed by atoms with Crippen LogP contribution in [0, 0.1) is 0 Å². The number of hydrogen-bond acceptors (Lipinski definition) is 4. The second-order valence-corrected chi connectivity index (χ2v) is 10.1. The Hall–Kier alpha value is 0.249. The summed E-state index contributed by atoms with van der Waals surface area (Å²) < 4.78 is 2.99. The summed E-state index contributed by atoms with van der Waals surface area (Å²) in [6, 6.07) is 11.0. The Morgan fingerprint density at radius 2 is 1.65 bits per heavy atom. The van der Waals surface area contributed by atoms with Crippen molar-refractivity contribution < 1.29 is 10.2 Å². The second-order valence-electron chi connectivity index (χ2n) is 4.64. The summed E-state index contributed by atoms with van der Waals surface area (Å²) in [6.07, 6.45) is 0. The predicted octanol–water partition coefficient (Wildman–Crippen LogP) is 2.02. The van der Waals surface area contributed by atoms with E-state index in [2.05, 4.69) is 61.4 Å². The molecule has 1 aromatic carbocycles. The van der Waals surface area contributed by atoms with Crippen molar-refractivity contribution in [3.05, 3.63) is 35.9 Å². The number of benzene rings is 1. The standard InChI is InChI=1S/C10H14N.C4H9S.2C2H5O.Sn/c1-9(8-11-2)10-6-4-3-5-7-10;1-3-5-4-2;2*1-2-3;/h3-7,9,11H,1,8H2,2H3;1,3-4H2,2H3;2*2H2,1H3;/q;;2*-1;+2. The van der Waals surface area contributed by atoms with Crippen LogP contribution >= 0.6 is 11.8 Å². The third-order valence-corrected chi connectivity index (χ3v) is 8.63. The third kappa shape index (κ3) is 18.4. The first-order valence-corrected chi connectivity index (χ1v) is 13.5. The molecule has 0 bridgehead atoms. The molecule has 1 aromatic rings. The molecule has 0 saturated carbocycles. The number of rotatable bonds is 9. The number of likely N-dealkylation sites (N-methyl/N-ethyl adjacent to an activating group) is 1. The SMILES string of the molecule is CCSC[CH2][Sn+2][CH2]C(CNC)c1ccccc1.CC[O-].CC[O-]. The van der Waals surface area contributed by atoms with Crippen LogP contribution in [0.3, 0.4) is 0 Å². The molecule has 0 spiro atoms.